The van der Waals surface area contributed by atoms with Crippen molar-refractivity contribution in [1.82, 2.24) is 9.62 Å². The maximum Gasteiger partial charge on any atom is 0.207 e. The number of nitrogens with one attached hydrogen (secondary N) is 1. The number of nitrogens with zero attached hydrogens (tertiary/aromatic N) is 1. The minimum absolute atomic E-state index is 0.250. The Bertz CT molecular complexity index is 713. The van der Waals surface area contributed by atoms with E-state index in [-0.39, 0.29) is 12.4 Å². The van der Waals surface area contributed by atoms with Crippen molar-refractivity contribution in [3.05, 3.63) is 54.1 Å². The second kappa shape index (κ2) is 26.8. The molecule has 0 radical (unpaired) electrons. The lowest BCUT2D eigenvalue weighted by Crippen LogP contribution is -2.25. The van der Waals surface area contributed by atoms with Crippen LogP contribution < -0.4 is 5.32 Å². The summed E-state index contributed by atoms with van der Waals surface area (Å²) in [5, 5.41) is 35.3. The Balaban J connectivity index is 0. The average molecular weight is 541 g/mol. The molecule has 0 aliphatic carbocycles. The van der Waals surface area contributed by atoms with E-state index in [0.717, 1.165) is 51.1 Å². The van der Waals surface area contributed by atoms with E-state index < -0.39 is 0 Å². The van der Waals surface area contributed by atoms with Gasteiger partial charge in [-0.2, -0.15) is 0 Å². The maximum absolute atomic E-state index is 10.2. The van der Waals surface area contributed by atoms with Crippen LogP contribution in [0.1, 0.15) is 45.6 Å². The number of hydrogen-bond donors (Lipinski definition) is 5. The van der Waals surface area contributed by atoms with Crippen LogP contribution in [0.5, 0.6) is 11.5 Å². The summed E-state index contributed by atoms with van der Waals surface area (Å²) in [7, 11) is 1.00. The summed E-state index contributed by atoms with van der Waals surface area (Å²) in [5.74, 6) is 1.20. The molecule has 0 atom stereocenters. The first-order valence-electron chi connectivity index (χ1n) is 12.6. The monoisotopic (exact) mass is 540 g/mol. The van der Waals surface area contributed by atoms with Crippen molar-refractivity contribution < 1.29 is 30.0 Å². The molecule has 9 heteroatoms. The molecule has 3 rings (SSSR count). The van der Waals surface area contributed by atoms with Crippen LogP contribution in [0, 0.1) is 12.8 Å². The normalized spacial score (nSPS) is 11.5. The van der Waals surface area contributed by atoms with Gasteiger partial charge >= 0.3 is 0 Å². The number of carbonyl (C=O) groups is 1. The van der Waals surface area contributed by atoms with Crippen molar-refractivity contribution in [1.29, 1.82) is 0 Å². The zero-order valence-corrected chi connectivity index (χ0v) is 23.9. The molecule has 37 heavy (non-hydrogen) atoms. The second-order valence-electron chi connectivity index (χ2n) is 8.26. The van der Waals surface area contributed by atoms with E-state index in [9.17, 15) is 9.90 Å². The first kappa shape index (κ1) is 36.9. The number of aliphatic hydroxyl groups excluding tert-OH is 2. The molecule has 1 aliphatic rings. The van der Waals surface area contributed by atoms with Crippen LogP contribution in [0.15, 0.2) is 53.4 Å². The number of phenolic OH excluding ortho intramolecular Hbond substituents is 2. The highest BCUT2D eigenvalue weighted by Crippen LogP contribution is 2.25. The predicted molar refractivity (Wildman–Crippen MR) is 153 cm³/mol. The third-order valence-corrected chi connectivity index (χ3v) is 5.39. The van der Waals surface area contributed by atoms with E-state index >= 15 is 0 Å². The van der Waals surface area contributed by atoms with E-state index in [4.69, 9.17) is 20.1 Å². The Hall–Kier alpha value is -2.30. The Labute approximate surface area is 227 Å². The number of benzene rings is 2. The number of carbonyl (C=O) groups excluding carboxylic acids is 1. The molecule has 1 heterocycles. The molecule has 1 saturated heterocycles. The quantitative estimate of drug-likeness (QED) is 0.178. The van der Waals surface area contributed by atoms with E-state index in [0.29, 0.717) is 18.2 Å². The van der Waals surface area contributed by atoms with E-state index in [1.165, 1.54) is 18.4 Å². The minimum atomic E-state index is 0.250. The third kappa shape index (κ3) is 25.1. The van der Waals surface area contributed by atoms with Gasteiger partial charge in [-0.05, 0) is 87.4 Å². The lowest BCUT2D eigenvalue weighted by molar-refractivity contribution is -0.109. The molecule has 1 fully saturated rings. The number of aryl methyl sites for hydroxylation is 1. The fraction of sp³-hybridized carbons (Fsp3) is 0.536. The number of ether oxygens (including phenoxy) is 1. The van der Waals surface area contributed by atoms with Gasteiger partial charge in [0, 0.05) is 51.5 Å². The molecule has 212 valence electrons. The van der Waals surface area contributed by atoms with Crippen molar-refractivity contribution in [2.75, 3.05) is 46.6 Å². The summed E-state index contributed by atoms with van der Waals surface area (Å²) in [6.45, 7) is 12.9. The summed E-state index contributed by atoms with van der Waals surface area (Å²) in [4.78, 5) is 11.3. The van der Waals surface area contributed by atoms with Gasteiger partial charge in [0.25, 0.3) is 0 Å². The molecule has 0 saturated carbocycles. The summed E-state index contributed by atoms with van der Waals surface area (Å²) >= 11 is 1.69. The molecule has 8 nitrogen and oxygen atoms in total. The van der Waals surface area contributed by atoms with Crippen molar-refractivity contribution in [3.63, 3.8) is 0 Å². The van der Waals surface area contributed by atoms with Crippen molar-refractivity contribution in [2.24, 2.45) is 5.92 Å². The van der Waals surface area contributed by atoms with Gasteiger partial charge in [0.2, 0.25) is 6.41 Å². The fourth-order valence-electron chi connectivity index (χ4n) is 2.71. The van der Waals surface area contributed by atoms with Gasteiger partial charge in [0.15, 0.2) is 0 Å². The molecule has 2 aromatic carbocycles. The molecule has 0 unspecified atom stereocenters. The molecule has 0 spiro atoms. The highest BCUT2D eigenvalue weighted by atomic mass is 32.2. The molecular weight excluding hydrogens is 492 g/mol. The second-order valence-corrected chi connectivity index (χ2v) is 9.43. The lowest BCUT2D eigenvalue weighted by atomic mass is 10.2. The Morgan fingerprint density at radius 1 is 1.00 bits per heavy atom. The predicted octanol–water partition coefficient (Wildman–Crippen LogP) is 4.60. The number of rotatable bonds is 9. The zero-order chi connectivity index (χ0) is 28.3. The van der Waals surface area contributed by atoms with Crippen LogP contribution >= 0.6 is 11.9 Å². The largest absolute Gasteiger partial charge is 0.508 e. The number of phenols is 2. The molecule has 1 amide bonds. The highest BCUT2D eigenvalue weighted by Gasteiger charge is 2.09. The number of hydrogen-bond acceptors (Lipinski definition) is 8. The number of aromatic hydroxyl groups is 2. The highest BCUT2D eigenvalue weighted by molar-refractivity contribution is 7.97. The van der Waals surface area contributed by atoms with Crippen LogP contribution in [0.3, 0.4) is 0 Å². The topological polar surface area (TPSA) is 122 Å². The molecule has 5 N–H and O–H groups in total. The lowest BCUT2D eigenvalue weighted by Gasteiger charge is -2.23. The van der Waals surface area contributed by atoms with Gasteiger partial charge in [-0.25, -0.2) is 4.31 Å². The van der Waals surface area contributed by atoms with Crippen LogP contribution in [0.4, 0.5) is 0 Å². The molecule has 1 aliphatic heterocycles. The third-order valence-electron chi connectivity index (χ3n) is 4.31. The van der Waals surface area contributed by atoms with Crippen LogP contribution in [0.25, 0.3) is 0 Å². The van der Waals surface area contributed by atoms with Crippen molar-refractivity contribution in [2.45, 2.75) is 51.9 Å². The van der Waals surface area contributed by atoms with Gasteiger partial charge < -0.3 is 30.5 Å². The molecular formula is C28H48N2O6S. The van der Waals surface area contributed by atoms with E-state index in [1.54, 1.807) is 43.1 Å². The fourth-order valence-corrected chi connectivity index (χ4v) is 3.86. The zero-order valence-electron chi connectivity index (χ0n) is 23.1. The Morgan fingerprint density at radius 3 is 1.86 bits per heavy atom. The molecule has 0 bridgehead atoms. The SMILES string of the molecule is C1CCOC1.CC(C)CN(CCCNC=O)Sc1ccc(O)cc1.CCO.CO.Cc1ccc(O)cc1. The average Bonchev–Trinajstić information content (AvgIpc) is 3.47. The maximum atomic E-state index is 10.2. The number of aliphatic hydroxyl groups is 2. The van der Waals surface area contributed by atoms with Gasteiger partial charge in [0.1, 0.15) is 11.5 Å². The minimum Gasteiger partial charge on any atom is -0.508 e. The number of amides is 1. The standard InChI is InChI=1S/C14H22N2O2S.C7H8O.C4H8O.C2H6O.CH4O/c1-12(2)10-16(9-3-8-15-11-17)19-14-6-4-13(18)5-7-14;1-6-2-4-7(8)5-3-6;1-2-4-5-3-1;1-2-3;1-2/h4-7,11-12,18H,3,8-10H2,1-2H3,(H,15,17);2-5,8H,1H3;1-4H2;3H,2H2,1H3;2H,1H3. The Morgan fingerprint density at radius 2 is 1.49 bits per heavy atom. The van der Waals surface area contributed by atoms with E-state index in [2.05, 4.69) is 23.5 Å². The summed E-state index contributed by atoms with van der Waals surface area (Å²) in [6.07, 6.45) is 4.22. The van der Waals surface area contributed by atoms with Gasteiger partial charge in [-0.15, -0.1) is 0 Å². The summed E-state index contributed by atoms with van der Waals surface area (Å²) in [5.41, 5.74) is 1.17. The van der Waals surface area contributed by atoms with E-state index in [1.807, 2.05) is 31.2 Å². The smallest absolute Gasteiger partial charge is 0.207 e. The molecule has 2 aromatic rings. The van der Waals surface area contributed by atoms with Crippen LogP contribution in [-0.4, -0.2) is 77.7 Å². The Kier molecular flexibility index (Phi) is 26.6. The van der Waals surface area contributed by atoms with Crippen molar-refractivity contribution in [3.8, 4) is 11.5 Å². The van der Waals surface area contributed by atoms with Crippen LogP contribution in [0.2, 0.25) is 0 Å². The first-order valence-corrected chi connectivity index (χ1v) is 13.4. The van der Waals surface area contributed by atoms with Gasteiger partial charge in [-0.1, -0.05) is 31.5 Å². The van der Waals surface area contributed by atoms with Crippen LogP contribution in [-0.2, 0) is 9.53 Å². The van der Waals surface area contributed by atoms with Gasteiger partial charge in [-0.3, -0.25) is 4.79 Å². The van der Waals surface area contributed by atoms with Gasteiger partial charge in [0.05, 0.1) is 0 Å². The first-order chi connectivity index (χ1) is 17.8. The van der Waals surface area contributed by atoms with Crippen molar-refractivity contribution >= 4 is 18.4 Å². The summed E-state index contributed by atoms with van der Waals surface area (Å²) in [6, 6.07) is 14.3. The summed E-state index contributed by atoms with van der Waals surface area (Å²) < 4.78 is 7.24. The molecule has 0 aromatic heterocycles.